The van der Waals surface area contributed by atoms with Crippen LogP contribution in [0.4, 0.5) is 0 Å². The third-order valence-corrected chi connectivity index (χ3v) is 3.60. The van der Waals surface area contributed by atoms with E-state index in [9.17, 15) is 9.59 Å². The Labute approximate surface area is 129 Å². The Hall–Kier alpha value is -2.56. The molecule has 116 valence electrons. The smallest absolute Gasteiger partial charge is 0.325 e. The molecular weight excluding hydrogens is 282 g/mol. The zero-order valence-electron chi connectivity index (χ0n) is 12.9. The SMILES string of the molecule is COC(=O)CNC(=O)[C@@H](C)c1ccc2cc(OC)ccc2c1. The van der Waals surface area contributed by atoms with Crippen molar-refractivity contribution in [2.75, 3.05) is 20.8 Å². The van der Waals surface area contributed by atoms with Gasteiger partial charge in [0.25, 0.3) is 0 Å². The number of nitrogens with one attached hydrogen (secondary N) is 1. The first-order chi connectivity index (χ1) is 10.5. The first-order valence-corrected chi connectivity index (χ1v) is 6.97. The standard InChI is InChI=1S/C17H19NO4/c1-11(17(20)18-10-16(19)22-3)12-4-5-14-9-15(21-2)7-6-13(14)8-12/h4-9,11H,10H2,1-3H3,(H,18,20)/t11-/m0/s1. The molecule has 0 heterocycles. The third-order valence-electron chi connectivity index (χ3n) is 3.60. The number of ether oxygens (including phenoxy) is 2. The lowest BCUT2D eigenvalue weighted by Crippen LogP contribution is -2.33. The van der Waals surface area contributed by atoms with E-state index in [1.807, 2.05) is 36.4 Å². The minimum atomic E-state index is -0.467. The number of methoxy groups -OCH3 is 2. The zero-order chi connectivity index (χ0) is 16.1. The van der Waals surface area contributed by atoms with E-state index in [2.05, 4.69) is 10.1 Å². The summed E-state index contributed by atoms with van der Waals surface area (Å²) in [6.07, 6.45) is 0. The summed E-state index contributed by atoms with van der Waals surface area (Å²) in [5.74, 6) is -0.232. The van der Waals surface area contributed by atoms with Crippen LogP contribution in [-0.2, 0) is 14.3 Å². The number of benzene rings is 2. The number of amides is 1. The van der Waals surface area contributed by atoms with Crippen molar-refractivity contribution in [1.29, 1.82) is 0 Å². The Morgan fingerprint density at radius 2 is 1.77 bits per heavy atom. The van der Waals surface area contributed by atoms with E-state index in [1.54, 1.807) is 14.0 Å². The van der Waals surface area contributed by atoms with Crippen LogP contribution in [0, 0.1) is 0 Å². The molecule has 2 aromatic carbocycles. The van der Waals surface area contributed by atoms with Crippen LogP contribution in [0.3, 0.4) is 0 Å². The lowest BCUT2D eigenvalue weighted by molar-refractivity contribution is -0.141. The Balaban J connectivity index is 2.15. The molecule has 0 radical (unpaired) electrons. The number of fused-ring (bicyclic) bond motifs is 1. The molecule has 0 spiro atoms. The lowest BCUT2D eigenvalue weighted by Gasteiger charge is -2.13. The second kappa shape index (κ2) is 6.93. The summed E-state index contributed by atoms with van der Waals surface area (Å²) in [7, 11) is 2.92. The lowest BCUT2D eigenvalue weighted by atomic mass is 9.97. The number of carbonyl (C=O) groups is 2. The van der Waals surface area contributed by atoms with Crippen LogP contribution in [0.2, 0.25) is 0 Å². The van der Waals surface area contributed by atoms with Crippen LogP contribution in [0.25, 0.3) is 10.8 Å². The van der Waals surface area contributed by atoms with Gasteiger partial charge in [0.05, 0.1) is 20.1 Å². The largest absolute Gasteiger partial charge is 0.497 e. The molecule has 0 aliphatic heterocycles. The summed E-state index contributed by atoms with van der Waals surface area (Å²) in [6.45, 7) is 1.68. The summed E-state index contributed by atoms with van der Waals surface area (Å²) in [6, 6.07) is 11.6. The van der Waals surface area contributed by atoms with Gasteiger partial charge in [0.2, 0.25) is 5.91 Å². The second-order valence-electron chi connectivity index (χ2n) is 4.99. The number of esters is 1. The highest BCUT2D eigenvalue weighted by Crippen LogP contribution is 2.25. The quantitative estimate of drug-likeness (QED) is 0.860. The van der Waals surface area contributed by atoms with Crippen molar-refractivity contribution < 1.29 is 19.1 Å². The molecule has 0 bridgehead atoms. The minimum Gasteiger partial charge on any atom is -0.497 e. The second-order valence-corrected chi connectivity index (χ2v) is 4.99. The molecule has 1 atom stereocenters. The average Bonchev–Trinajstić information content (AvgIpc) is 2.57. The highest BCUT2D eigenvalue weighted by atomic mass is 16.5. The summed E-state index contributed by atoms with van der Waals surface area (Å²) < 4.78 is 9.70. The molecule has 1 amide bonds. The monoisotopic (exact) mass is 301 g/mol. The molecule has 0 aliphatic rings. The van der Waals surface area contributed by atoms with E-state index in [4.69, 9.17) is 4.74 Å². The first-order valence-electron chi connectivity index (χ1n) is 6.97. The fourth-order valence-electron chi connectivity index (χ4n) is 2.17. The van der Waals surface area contributed by atoms with Crippen molar-refractivity contribution in [2.45, 2.75) is 12.8 Å². The molecule has 1 N–H and O–H groups in total. The van der Waals surface area contributed by atoms with E-state index in [-0.39, 0.29) is 18.4 Å². The topological polar surface area (TPSA) is 64.6 Å². The first kappa shape index (κ1) is 15.8. The van der Waals surface area contributed by atoms with Gasteiger partial charge in [-0.15, -0.1) is 0 Å². The molecular formula is C17H19NO4. The summed E-state index contributed by atoms with van der Waals surface area (Å²) in [4.78, 5) is 23.1. The molecule has 2 rings (SSSR count). The van der Waals surface area contributed by atoms with Crippen molar-refractivity contribution >= 4 is 22.6 Å². The van der Waals surface area contributed by atoms with Gasteiger partial charge in [-0.25, -0.2) is 0 Å². The molecule has 0 fully saturated rings. The molecule has 0 aliphatic carbocycles. The molecule has 5 nitrogen and oxygen atoms in total. The summed E-state index contributed by atoms with van der Waals surface area (Å²) in [5.41, 5.74) is 0.889. The highest BCUT2D eigenvalue weighted by Gasteiger charge is 2.16. The summed E-state index contributed by atoms with van der Waals surface area (Å²) in [5, 5.41) is 4.64. The molecule has 0 saturated carbocycles. The van der Waals surface area contributed by atoms with E-state index < -0.39 is 5.97 Å². The predicted octanol–water partition coefficient (Wildman–Crippen LogP) is 2.24. The van der Waals surface area contributed by atoms with Crippen LogP contribution in [-0.4, -0.2) is 32.6 Å². The van der Waals surface area contributed by atoms with Gasteiger partial charge >= 0.3 is 5.97 Å². The fraction of sp³-hybridized carbons (Fsp3) is 0.294. The minimum absolute atomic E-state index is 0.121. The maximum atomic E-state index is 12.1. The van der Waals surface area contributed by atoms with Crippen molar-refractivity contribution in [2.24, 2.45) is 0 Å². The Morgan fingerprint density at radius 1 is 1.09 bits per heavy atom. The van der Waals surface area contributed by atoms with E-state index in [0.717, 1.165) is 22.1 Å². The van der Waals surface area contributed by atoms with Crippen molar-refractivity contribution in [3.63, 3.8) is 0 Å². The zero-order valence-corrected chi connectivity index (χ0v) is 12.9. The Morgan fingerprint density at radius 3 is 2.45 bits per heavy atom. The normalized spacial score (nSPS) is 11.8. The van der Waals surface area contributed by atoms with Gasteiger partial charge in [0, 0.05) is 0 Å². The van der Waals surface area contributed by atoms with Gasteiger partial charge in [0.15, 0.2) is 0 Å². The Bertz CT molecular complexity index is 696. The van der Waals surface area contributed by atoms with Crippen LogP contribution in [0.1, 0.15) is 18.4 Å². The predicted molar refractivity (Wildman–Crippen MR) is 83.9 cm³/mol. The van der Waals surface area contributed by atoms with Crippen molar-refractivity contribution in [3.8, 4) is 5.75 Å². The van der Waals surface area contributed by atoms with Crippen molar-refractivity contribution in [3.05, 3.63) is 42.0 Å². The third kappa shape index (κ3) is 3.55. The number of carbonyl (C=O) groups excluding carboxylic acids is 2. The van der Waals surface area contributed by atoms with E-state index in [1.165, 1.54) is 7.11 Å². The van der Waals surface area contributed by atoms with Gasteiger partial charge in [0.1, 0.15) is 12.3 Å². The highest BCUT2D eigenvalue weighted by molar-refractivity contribution is 5.89. The van der Waals surface area contributed by atoms with Gasteiger partial charge < -0.3 is 14.8 Å². The number of hydrogen-bond donors (Lipinski definition) is 1. The Kier molecular flexibility index (Phi) is 4.99. The van der Waals surface area contributed by atoms with Crippen LogP contribution >= 0.6 is 0 Å². The maximum absolute atomic E-state index is 12.1. The fourth-order valence-corrected chi connectivity index (χ4v) is 2.17. The molecule has 2 aromatic rings. The number of hydrogen-bond acceptors (Lipinski definition) is 4. The van der Waals surface area contributed by atoms with Gasteiger partial charge in [-0.2, -0.15) is 0 Å². The van der Waals surface area contributed by atoms with Gasteiger partial charge in [-0.05, 0) is 35.4 Å². The average molecular weight is 301 g/mol. The molecule has 22 heavy (non-hydrogen) atoms. The molecule has 0 unspecified atom stereocenters. The number of rotatable bonds is 5. The molecule has 5 heteroatoms. The van der Waals surface area contributed by atoms with Gasteiger partial charge in [-0.3, -0.25) is 9.59 Å². The van der Waals surface area contributed by atoms with Gasteiger partial charge in [-0.1, -0.05) is 24.3 Å². The summed E-state index contributed by atoms with van der Waals surface area (Å²) >= 11 is 0. The van der Waals surface area contributed by atoms with E-state index >= 15 is 0 Å². The van der Waals surface area contributed by atoms with Crippen LogP contribution in [0.5, 0.6) is 5.75 Å². The van der Waals surface area contributed by atoms with Crippen LogP contribution < -0.4 is 10.1 Å². The molecule has 0 saturated heterocycles. The van der Waals surface area contributed by atoms with Crippen molar-refractivity contribution in [1.82, 2.24) is 5.32 Å². The maximum Gasteiger partial charge on any atom is 0.325 e. The molecule has 0 aromatic heterocycles. The van der Waals surface area contributed by atoms with Crippen LogP contribution in [0.15, 0.2) is 36.4 Å². The van der Waals surface area contributed by atoms with E-state index in [0.29, 0.717) is 0 Å².